The molecule has 1 saturated carbocycles. The van der Waals surface area contributed by atoms with Gasteiger partial charge in [-0.1, -0.05) is 12.8 Å². The molecule has 7 heteroatoms. The lowest BCUT2D eigenvalue weighted by Crippen LogP contribution is -2.49. The lowest BCUT2D eigenvalue weighted by atomic mass is 9.84. The summed E-state index contributed by atoms with van der Waals surface area (Å²) in [6.45, 7) is 3.51. The molecule has 0 heterocycles. The summed E-state index contributed by atoms with van der Waals surface area (Å²) in [5.74, 6) is 0.985. The number of nitrogens with one attached hydrogen (secondary N) is 2. The number of rotatable bonds is 11. The van der Waals surface area contributed by atoms with Crippen molar-refractivity contribution >= 4 is 11.9 Å². The molecule has 146 valence electrons. The highest BCUT2D eigenvalue weighted by Gasteiger charge is 2.42. The summed E-state index contributed by atoms with van der Waals surface area (Å²) in [4.78, 5) is 18.6. The van der Waals surface area contributed by atoms with E-state index >= 15 is 0 Å². The van der Waals surface area contributed by atoms with Gasteiger partial charge >= 0.3 is 0 Å². The smallest absolute Gasteiger partial charge is 0.230 e. The van der Waals surface area contributed by atoms with Crippen molar-refractivity contribution in [1.29, 1.82) is 0 Å². The Morgan fingerprint density at radius 2 is 1.84 bits per heavy atom. The van der Waals surface area contributed by atoms with Crippen LogP contribution >= 0.6 is 0 Å². The topological polar surface area (TPSA) is 75.2 Å². The van der Waals surface area contributed by atoms with E-state index in [4.69, 9.17) is 9.47 Å². The number of nitrogens with zero attached hydrogens (tertiary/aromatic N) is 2. The molecule has 0 unspecified atom stereocenters. The van der Waals surface area contributed by atoms with Gasteiger partial charge in [-0.05, 0) is 25.7 Å². The molecule has 1 fully saturated rings. The van der Waals surface area contributed by atoms with Crippen LogP contribution in [-0.4, -0.2) is 77.9 Å². The Morgan fingerprint density at radius 3 is 2.44 bits per heavy atom. The van der Waals surface area contributed by atoms with Crippen molar-refractivity contribution in [2.75, 3.05) is 61.2 Å². The van der Waals surface area contributed by atoms with Crippen LogP contribution < -0.4 is 10.6 Å². The van der Waals surface area contributed by atoms with Crippen LogP contribution in [-0.2, 0) is 14.3 Å². The van der Waals surface area contributed by atoms with E-state index in [-0.39, 0.29) is 11.3 Å². The Balaban J connectivity index is 2.28. The minimum atomic E-state index is -0.281. The van der Waals surface area contributed by atoms with Gasteiger partial charge < -0.3 is 25.0 Å². The monoisotopic (exact) mass is 356 g/mol. The zero-order valence-electron chi connectivity index (χ0n) is 16.4. The molecule has 7 nitrogen and oxygen atoms in total. The number of hydrogen-bond donors (Lipinski definition) is 2. The Labute approximate surface area is 152 Å². The van der Waals surface area contributed by atoms with E-state index in [1.165, 1.54) is 0 Å². The van der Waals surface area contributed by atoms with Crippen LogP contribution in [0.25, 0.3) is 0 Å². The Hall–Kier alpha value is -1.34. The standard InChI is InChI=1S/C18H36N4O3/c1-19-17(20-11-7-8-12-25-14-13-24-4)21-15-18(9-5-6-10-18)16(23)22(2)3/h5-15H2,1-4H3,(H2,19,20,21). The summed E-state index contributed by atoms with van der Waals surface area (Å²) in [6, 6.07) is 0. The first-order chi connectivity index (χ1) is 12.1. The van der Waals surface area contributed by atoms with Gasteiger partial charge in [0.25, 0.3) is 0 Å². The molecular weight excluding hydrogens is 320 g/mol. The third-order valence-corrected chi connectivity index (χ3v) is 4.68. The van der Waals surface area contributed by atoms with Gasteiger partial charge in [0, 0.05) is 47.9 Å². The number of methoxy groups -OCH3 is 1. The number of carbonyl (C=O) groups is 1. The minimum Gasteiger partial charge on any atom is -0.382 e. The number of carbonyl (C=O) groups excluding carboxylic acids is 1. The SMILES string of the molecule is CN=C(NCCCCOCCOC)NCC1(C(=O)N(C)C)CCCC1. The van der Waals surface area contributed by atoms with Crippen molar-refractivity contribution in [3.63, 3.8) is 0 Å². The molecule has 1 aliphatic rings. The van der Waals surface area contributed by atoms with Crippen molar-refractivity contribution in [2.45, 2.75) is 38.5 Å². The van der Waals surface area contributed by atoms with Gasteiger partial charge in [-0.25, -0.2) is 0 Å². The van der Waals surface area contributed by atoms with Gasteiger partial charge in [0.1, 0.15) is 0 Å². The van der Waals surface area contributed by atoms with Gasteiger partial charge in [-0.3, -0.25) is 9.79 Å². The lowest BCUT2D eigenvalue weighted by molar-refractivity contribution is -0.138. The second kappa shape index (κ2) is 12.1. The van der Waals surface area contributed by atoms with Gasteiger partial charge in [0.15, 0.2) is 5.96 Å². The molecule has 0 aromatic rings. The third kappa shape index (κ3) is 7.61. The molecule has 0 saturated heterocycles. The van der Waals surface area contributed by atoms with E-state index < -0.39 is 0 Å². The maximum Gasteiger partial charge on any atom is 0.230 e. The number of aliphatic imine (C=N–C) groups is 1. The summed E-state index contributed by atoms with van der Waals surface area (Å²) in [6.07, 6.45) is 6.15. The first-order valence-electron chi connectivity index (χ1n) is 9.29. The van der Waals surface area contributed by atoms with E-state index in [1.807, 2.05) is 14.1 Å². The van der Waals surface area contributed by atoms with E-state index in [0.717, 1.165) is 57.6 Å². The molecule has 0 spiro atoms. The normalized spacial score (nSPS) is 16.7. The molecule has 0 bridgehead atoms. The molecular formula is C18H36N4O3. The van der Waals surface area contributed by atoms with Crippen LogP contribution in [0.15, 0.2) is 4.99 Å². The fourth-order valence-corrected chi connectivity index (χ4v) is 3.25. The van der Waals surface area contributed by atoms with E-state index in [0.29, 0.717) is 19.8 Å². The first kappa shape index (κ1) is 21.7. The van der Waals surface area contributed by atoms with Crippen molar-refractivity contribution < 1.29 is 14.3 Å². The third-order valence-electron chi connectivity index (χ3n) is 4.68. The summed E-state index contributed by atoms with van der Waals surface area (Å²) < 4.78 is 10.4. The molecule has 0 atom stereocenters. The largest absolute Gasteiger partial charge is 0.382 e. The van der Waals surface area contributed by atoms with Gasteiger partial charge in [-0.2, -0.15) is 0 Å². The molecule has 1 amide bonds. The van der Waals surface area contributed by atoms with Crippen molar-refractivity contribution in [2.24, 2.45) is 10.4 Å². The average molecular weight is 357 g/mol. The average Bonchev–Trinajstić information content (AvgIpc) is 3.09. The quantitative estimate of drug-likeness (QED) is 0.331. The fraction of sp³-hybridized carbons (Fsp3) is 0.889. The molecule has 0 aromatic heterocycles. The van der Waals surface area contributed by atoms with Crippen LogP contribution in [0.5, 0.6) is 0 Å². The highest BCUT2D eigenvalue weighted by Crippen LogP contribution is 2.38. The second-order valence-electron chi connectivity index (χ2n) is 6.85. The first-order valence-corrected chi connectivity index (χ1v) is 9.29. The number of hydrogen-bond acceptors (Lipinski definition) is 4. The summed E-state index contributed by atoms with van der Waals surface area (Å²) in [7, 11) is 7.11. The van der Waals surface area contributed by atoms with E-state index in [9.17, 15) is 4.79 Å². The van der Waals surface area contributed by atoms with E-state index in [1.54, 1.807) is 19.1 Å². The number of guanidine groups is 1. The van der Waals surface area contributed by atoms with E-state index in [2.05, 4.69) is 15.6 Å². The second-order valence-corrected chi connectivity index (χ2v) is 6.85. The van der Waals surface area contributed by atoms with Crippen molar-refractivity contribution in [3.05, 3.63) is 0 Å². The van der Waals surface area contributed by atoms with Crippen LogP contribution in [0.1, 0.15) is 38.5 Å². The highest BCUT2D eigenvalue weighted by molar-refractivity contribution is 5.85. The van der Waals surface area contributed by atoms with Gasteiger partial charge in [0.2, 0.25) is 5.91 Å². The Morgan fingerprint density at radius 1 is 1.12 bits per heavy atom. The molecule has 0 radical (unpaired) electrons. The van der Waals surface area contributed by atoms with Crippen molar-refractivity contribution in [1.82, 2.24) is 15.5 Å². The zero-order chi connectivity index (χ0) is 18.5. The van der Waals surface area contributed by atoms with Crippen LogP contribution in [0, 0.1) is 5.41 Å². The van der Waals surface area contributed by atoms with Gasteiger partial charge in [-0.15, -0.1) is 0 Å². The minimum absolute atomic E-state index is 0.223. The predicted octanol–water partition coefficient (Wildman–Crippen LogP) is 1.24. The molecule has 2 N–H and O–H groups in total. The number of unbranched alkanes of at least 4 members (excludes halogenated alkanes) is 1. The molecule has 1 aliphatic carbocycles. The summed E-state index contributed by atoms with van der Waals surface area (Å²) >= 11 is 0. The number of ether oxygens (including phenoxy) is 2. The fourth-order valence-electron chi connectivity index (χ4n) is 3.25. The Kier molecular flexibility index (Phi) is 10.5. The maximum absolute atomic E-state index is 12.6. The van der Waals surface area contributed by atoms with Crippen LogP contribution in [0.4, 0.5) is 0 Å². The molecule has 0 aliphatic heterocycles. The molecule has 1 rings (SSSR count). The summed E-state index contributed by atoms with van der Waals surface area (Å²) in [5, 5.41) is 6.66. The lowest BCUT2D eigenvalue weighted by Gasteiger charge is -2.31. The van der Waals surface area contributed by atoms with Gasteiger partial charge in [0.05, 0.1) is 18.6 Å². The predicted molar refractivity (Wildman–Crippen MR) is 101 cm³/mol. The number of amides is 1. The highest BCUT2D eigenvalue weighted by atomic mass is 16.5. The van der Waals surface area contributed by atoms with Crippen molar-refractivity contribution in [3.8, 4) is 0 Å². The Bertz CT molecular complexity index is 407. The maximum atomic E-state index is 12.6. The molecule has 0 aromatic carbocycles. The van der Waals surface area contributed by atoms with Crippen LogP contribution in [0.3, 0.4) is 0 Å². The molecule has 25 heavy (non-hydrogen) atoms. The van der Waals surface area contributed by atoms with Crippen LogP contribution in [0.2, 0.25) is 0 Å². The summed E-state index contributed by atoms with van der Waals surface area (Å²) in [5.41, 5.74) is -0.281. The zero-order valence-corrected chi connectivity index (χ0v) is 16.4.